The lowest BCUT2D eigenvalue weighted by molar-refractivity contribution is 0.326. The van der Waals surface area contributed by atoms with Crippen LogP contribution in [0.4, 0.5) is 5.13 Å². The number of aromatic nitrogens is 4. The molecule has 0 atom stereocenters. The van der Waals surface area contributed by atoms with Gasteiger partial charge in [-0.25, -0.2) is 23.1 Å². The third kappa shape index (κ3) is 4.82. The Bertz CT molecular complexity index is 1380. The van der Waals surface area contributed by atoms with Gasteiger partial charge in [-0.2, -0.15) is 4.98 Å². The van der Waals surface area contributed by atoms with Gasteiger partial charge >= 0.3 is 0 Å². The summed E-state index contributed by atoms with van der Waals surface area (Å²) >= 11 is 1.53. The number of thiazole rings is 1. The average molecular weight is 499 g/mol. The second-order valence-corrected chi connectivity index (χ2v) is 11.4. The Morgan fingerprint density at radius 3 is 2.56 bits per heavy atom. The Balaban J connectivity index is 1.23. The fourth-order valence-electron chi connectivity index (χ4n) is 3.89. The number of hydrogen-bond acceptors (Lipinski definition) is 9. The molecule has 0 saturated carbocycles. The molecule has 4 aromatic rings. The molecule has 34 heavy (non-hydrogen) atoms. The molecule has 11 heteroatoms. The largest absolute Gasteiger partial charge is 0.348 e. The summed E-state index contributed by atoms with van der Waals surface area (Å²) in [5.74, 6) is 2.02. The maximum atomic E-state index is 12.5. The number of piperidine rings is 1. The molecule has 0 bridgehead atoms. The first kappa shape index (κ1) is 22.9. The van der Waals surface area contributed by atoms with Crippen LogP contribution in [0.25, 0.3) is 10.3 Å². The van der Waals surface area contributed by atoms with Crippen molar-refractivity contribution in [1.82, 2.24) is 24.8 Å². The summed E-state index contributed by atoms with van der Waals surface area (Å²) in [6.07, 6.45) is 1.85. The van der Waals surface area contributed by atoms with E-state index < -0.39 is 10.0 Å². The van der Waals surface area contributed by atoms with Crippen LogP contribution in [0.2, 0.25) is 0 Å². The van der Waals surface area contributed by atoms with Gasteiger partial charge in [-0.1, -0.05) is 48.5 Å². The predicted molar refractivity (Wildman–Crippen MR) is 130 cm³/mol. The summed E-state index contributed by atoms with van der Waals surface area (Å²) in [5.41, 5.74) is 1.47. The van der Waals surface area contributed by atoms with Gasteiger partial charge in [-0.05, 0) is 37.1 Å². The quantitative estimate of drug-likeness (QED) is 0.406. The van der Waals surface area contributed by atoms with Crippen molar-refractivity contribution in [2.45, 2.75) is 50.0 Å². The number of pyridine rings is 1. The number of nitrogens with zero attached hydrogens (tertiary/aromatic N) is 5. The molecule has 1 aliphatic heterocycles. The molecule has 0 aliphatic carbocycles. The first-order valence-electron chi connectivity index (χ1n) is 11.3. The van der Waals surface area contributed by atoms with E-state index in [1.54, 1.807) is 30.3 Å². The number of sulfonamides is 1. The number of benzene rings is 1. The van der Waals surface area contributed by atoms with Crippen LogP contribution in [-0.2, 0) is 16.6 Å². The van der Waals surface area contributed by atoms with Crippen molar-refractivity contribution in [2.24, 2.45) is 0 Å². The van der Waals surface area contributed by atoms with E-state index in [1.807, 2.05) is 12.1 Å². The Morgan fingerprint density at radius 2 is 1.85 bits per heavy atom. The number of anilines is 1. The van der Waals surface area contributed by atoms with Crippen molar-refractivity contribution < 1.29 is 12.9 Å². The minimum atomic E-state index is -3.58. The zero-order chi connectivity index (χ0) is 23.7. The number of nitrogens with one attached hydrogen (secondary N) is 1. The number of fused-ring (bicyclic) bond motifs is 1. The van der Waals surface area contributed by atoms with Gasteiger partial charge in [0.05, 0.1) is 17.1 Å². The molecule has 0 spiro atoms. The molecule has 1 saturated heterocycles. The zero-order valence-corrected chi connectivity index (χ0v) is 20.6. The van der Waals surface area contributed by atoms with Crippen molar-refractivity contribution in [3.63, 3.8) is 0 Å². The maximum absolute atomic E-state index is 12.5. The van der Waals surface area contributed by atoms with Gasteiger partial charge in [0.15, 0.2) is 11.0 Å². The summed E-state index contributed by atoms with van der Waals surface area (Å²) in [6, 6.07) is 12.0. The number of rotatable bonds is 7. The monoisotopic (exact) mass is 498 g/mol. The van der Waals surface area contributed by atoms with Crippen LogP contribution in [0.1, 0.15) is 55.9 Å². The van der Waals surface area contributed by atoms with Crippen LogP contribution in [0.5, 0.6) is 0 Å². The van der Waals surface area contributed by atoms with Crippen molar-refractivity contribution in [2.75, 3.05) is 18.0 Å². The van der Waals surface area contributed by atoms with E-state index in [9.17, 15) is 8.42 Å². The van der Waals surface area contributed by atoms with Crippen LogP contribution >= 0.6 is 11.3 Å². The molecular weight excluding hydrogens is 472 g/mol. The minimum absolute atomic E-state index is 0.119. The van der Waals surface area contributed by atoms with E-state index in [4.69, 9.17) is 9.51 Å². The third-order valence-corrected chi connectivity index (χ3v) is 8.33. The smallest absolute Gasteiger partial charge is 0.240 e. The highest BCUT2D eigenvalue weighted by Crippen LogP contribution is 2.33. The lowest BCUT2D eigenvalue weighted by Crippen LogP contribution is -2.32. The van der Waals surface area contributed by atoms with Crippen LogP contribution in [0.15, 0.2) is 51.9 Å². The Morgan fingerprint density at radius 1 is 1.09 bits per heavy atom. The van der Waals surface area contributed by atoms with Crippen molar-refractivity contribution in [3.05, 3.63) is 59.9 Å². The van der Waals surface area contributed by atoms with Gasteiger partial charge in [0.25, 0.3) is 0 Å². The topological polar surface area (TPSA) is 114 Å². The Labute approximate surface area is 202 Å². The molecule has 1 aliphatic rings. The van der Waals surface area contributed by atoms with E-state index in [0.717, 1.165) is 53.1 Å². The number of hydrogen-bond donors (Lipinski definition) is 1. The highest BCUT2D eigenvalue weighted by molar-refractivity contribution is 7.89. The van der Waals surface area contributed by atoms with Gasteiger partial charge < -0.3 is 9.42 Å². The standard InChI is InChI=1S/C23H26N6O3S2/c1-15(2)20-27-21(32-28-20)16-10-12-29(13-11-16)23-26-19-9-8-17(25-22(19)33-23)14-24-34(30,31)18-6-4-3-5-7-18/h3-9,15-16,24H,10-14H2,1-2H3. The van der Waals surface area contributed by atoms with Gasteiger partial charge in [-0.15, -0.1) is 0 Å². The molecule has 5 rings (SSSR count). The molecule has 0 amide bonds. The van der Waals surface area contributed by atoms with E-state index in [2.05, 4.69) is 38.6 Å². The summed E-state index contributed by atoms with van der Waals surface area (Å²) in [7, 11) is -3.58. The Kier molecular flexibility index (Phi) is 6.32. The summed E-state index contributed by atoms with van der Waals surface area (Å²) in [5, 5.41) is 5.02. The van der Waals surface area contributed by atoms with Crippen LogP contribution in [0.3, 0.4) is 0 Å². The lowest BCUT2D eigenvalue weighted by atomic mass is 9.97. The normalized spacial score (nSPS) is 15.4. The fraction of sp³-hybridized carbons (Fsp3) is 0.391. The van der Waals surface area contributed by atoms with Gasteiger partial charge in [0, 0.05) is 24.9 Å². The van der Waals surface area contributed by atoms with Crippen molar-refractivity contribution >= 4 is 36.8 Å². The second-order valence-electron chi connectivity index (χ2n) is 8.67. The van der Waals surface area contributed by atoms with E-state index in [-0.39, 0.29) is 23.3 Å². The molecule has 178 valence electrons. The second kappa shape index (κ2) is 9.40. The molecule has 1 aromatic carbocycles. The first-order valence-corrected chi connectivity index (χ1v) is 13.6. The summed E-state index contributed by atoms with van der Waals surface area (Å²) in [6.45, 7) is 5.94. The fourth-order valence-corrected chi connectivity index (χ4v) is 5.92. The highest BCUT2D eigenvalue weighted by atomic mass is 32.2. The van der Waals surface area contributed by atoms with Gasteiger partial charge in [0.2, 0.25) is 15.9 Å². The molecule has 1 N–H and O–H groups in total. The molecule has 0 radical (unpaired) electrons. The molecule has 4 heterocycles. The van der Waals surface area contributed by atoms with Crippen LogP contribution < -0.4 is 9.62 Å². The lowest BCUT2D eigenvalue weighted by Gasteiger charge is -2.29. The van der Waals surface area contributed by atoms with Gasteiger partial charge in [0.1, 0.15) is 10.3 Å². The average Bonchev–Trinajstić information content (AvgIpc) is 3.51. The first-order chi connectivity index (χ1) is 16.4. The zero-order valence-electron chi connectivity index (χ0n) is 19.0. The Hall–Kier alpha value is -2.89. The van der Waals surface area contributed by atoms with E-state index >= 15 is 0 Å². The van der Waals surface area contributed by atoms with E-state index in [1.165, 1.54) is 11.3 Å². The van der Waals surface area contributed by atoms with E-state index in [0.29, 0.717) is 5.69 Å². The van der Waals surface area contributed by atoms with Crippen LogP contribution in [0, 0.1) is 0 Å². The van der Waals surface area contributed by atoms with Gasteiger partial charge in [-0.3, -0.25) is 0 Å². The minimum Gasteiger partial charge on any atom is -0.348 e. The molecule has 1 fully saturated rings. The van der Waals surface area contributed by atoms with Crippen LogP contribution in [-0.4, -0.2) is 41.6 Å². The molecule has 3 aromatic heterocycles. The third-order valence-electron chi connectivity index (χ3n) is 5.89. The van der Waals surface area contributed by atoms with Crippen molar-refractivity contribution in [1.29, 1.82) is 0 Å². The molecule has 9 nitrogen and oxygen atoms in total. The summed E-state index contributed by atoms with van der Waals surface area (Å²) in [4.78, 5) is 17.2. The molecule has 0 unspecified atom stereocenters. The molecular formula is C23H26N6O3S2. The highest BCUT2D eigenvalue weighted by Gasteiger charge is 2.27. The van der Waals surface area contributed by atoms with Crippen molar-refractivity contribution in [3.8, 4) is 0 Å². The summed E-state index contributed by atoms with van der Waals surface area (Å²) < 4.78 is 33.1. The predicted octanol–water partition coefficient (Wildman–Crippen LogP) is 4.06. The maximum Gasteiger partial charge on any atom is 0.240 e. The SMILES string of the molecule is CC(C)c1noc(C2CCN(c3nc4ccc(CNS(=O)(=O)c5ccccc5)nc4s3)CC2)n1.